The Labute approximate surface area is 141 Å². The molecule has 0 radical (unpaired) electrons. The molecule has 2 rings (SSSR count). The summed E-state index contributed by atoms with van der Waals surface area (Å²) in [5.41, 5.74) is 2.20. The zero-order valence-corrected chi connectivity index (χ0v) is 14.8. The van der Waals surface area contributed by atoms with Crippen molar-refractivity contribution in [2.24, 2.45) is 0 Å². The fourth-order valence-corrected chi connectivity index (χ4v) is 3.29. The number of anilines is 1. The number of piperazine rings is 1. The summed E-state index contributed by atoms with van der Waals surface area (Å²) >= 11 is 0. The maximum absolute atomic E-state index is 13.8. The third-order valence-electron chi connectivity index (χ3n) is 4.70. The van der Waals surface area contributed by atoms with Crippen LogP contribution in [0.25, 0.3) is 0 Å². The first kappa shape index (κ1) is 18.0. The van der Waals surface area contributed by atoms with Gasteiger partial charge < -0.3 is 9.80 Å². The molecule has 0 bridgehead atoms. The fraction of sp³-hybridized carbons (Fsp3) is 0.600. The van der Waals surface area contributed by atoms with Gasteiger partial charge in [0.15, 0.2) is 0 Å². The molecule has 1 aliphatic rings. The molecule has 2 nitrogen and oxygen atoms in total. The van der Waals surface area contributed by atoms with Gasteiger partial charge in [0.05, 0.1) is 38.4 Å². The number of para-hydroxylation sites is 1. The van der Waals surface area contributed by atoms with Crippen LogP contribution in [-0.4, -0.2) is 32.7 Å². The molecule has 23 heavy (non-hydrogen) atoms. The normalized spacial score (nSPS) is 15.7. The summed E-state index contributed by atoms with van der Waals surface area (Å²) in [6.07, 6.45) is 8.91. The van der Waals surface area contributed by atoms with Gasteiger partial charge in [-0.1, -0.05) is 30.2 Å². The van der Waals surface area contributed by atoms with Crippen molar-refractivity contribution >= 4 is 5.69 Å². The van der Waals surface area contributed by atoms with Crippen molar-refractivity contribution < 1.29 is 9.29 Å². The lowest BCUT2D eigenvalue weighted by Gasteiger charge is -2.33. The highest BCUT2D eigenvalue weighted by atomic mass is 19.1. The quantitative estimate of drug-likeness (QED) is 0.570. The highest BCUT2D eigenvalue weighted by molar-refractivity contribution is 5.47. The minimum absolute atomic E-state index is 0.0904. The van der Waals surface area contributed by atoms with Crippen LogP contribution in [0.15, 0.2) is 35.9 Å². The number of quaternary nitrogens is 1. The highest BCUT2D eigenvalue weighted by Crippen LogP contribution is 2.18. The number of hydrogen-bond donors (Lipinski definition) is 1. The summed E-state index contributed by atoms with van der Waals surface area (Å²) in [6.45, 7) is 9.81. The largest absolute Gasteiger partial charge is 0.358 e. The summed E-state index contributed by atoms with van der Waals surface area (Å²) in [5, 5.41) is 0. The predicted molar refractivity (Wildman–Crippen MR) is 96.7 cm³/mol. The number of nitrogens with one attached hydrogen (secondary N) is 1. The van der Waals surface area contributed by atoms with Crippen LogP contribution in [0.5, 0.6) is 0 Å². The second-order valence-electron chi connectivity index (χ2n) is 6.92. The van der Waals surface area contributed by atoms with Gasteiger partial charge in [-0.2, -0.15) is 0 Å². The maximum atomic E-state index is 13.8. The third kappa shape index (κ3) is 6.34. The summed E-state index contributed by atoms with van der Waals surface area (Å²) < 4.78 is 13.8. The van der Waals surface area contributed by atoms with Crippen LogP contribution in [0.4, 0.5) is 10.1 Å². The minimum Gasteiger partial charge on any atom is -0.358 e. The Kier molecular flexibility index (Phi) is 7.60. The van der Waals surface area contributed by atoms with Crippen molar-refractivity contribution in [3.05, 3.63) is 41.7 Å². The second kappa shape index (κ2) is 9.71. The van der Waals surface area contributed by atoms with Gasteiger partial charge in [-0.05, 0) is 51.7 Å². The van der Waals surface area contributed by atoms with Gasteiger partial charge in [0.25, 0.3) is 0 Å². The van der Waals surface area contributed by atoms with Crippen LogP contribution in [0.3, 0.4) is 0 Å². The van der Waals surface area contributed by atoms with Gasteiger partial charge in [0, 0.05) is 0 Å². The van der Waals surface area contributed by atoms with E-state index in [1.54, 1.807) is 17.0 Å². The van der Waals surface area contributed by atoms with Gasteiger partial charge in [-0.15, -0.1) is 0 Å². The van der Waals surface area contributed by atoms with Crippen molar-refractivity contribution in [1.29, 1.82) is 0 Å². The standard InChI is InChI=1S/C20H31FN2/c1-18(2)10-6-4-3-5-9-13-22-14-16-23(17-15-22)20-12-8-7-11-19(20)21/h7-8,10-12H,3-6,9,13-17H2,1-2H3/p+1. The van der Waals surface area contributed by atoms with Gasteiger partial charge in [0.1, 0.15) is 5.82 Å². The first-order valence-corrected chi connectivity index (χ1v) is 9.13. The van der Waals surface area contributed by atoms with Gasteiger partial charge in [-0.25, -0.2) is 4.39 Å². The van der Waals surface area contributed by atoms with Gasteiger partial charge in [0.2, 0.25) is 0 Å². The predicted octanol–water partition coefficient (Wildman–Crippen LogP) is 3.45. The number of allylic oxidation sites excluding steroid dienone is 2. The molecular formula is C20H32FN2+. The van der Waals surface area contributed by atoms with E-state index in [0.717, 1.165) is 31.9 Å². The molecule has 1 aromatic rings. The van der Waals surface area contributed by atoms with Crippen LogP contribution >= 0.6 is 0 Å². The Morgan fingerprint density at radius 3 is 2.48 bits per heavy atom. The third-order valence-corrected chi connectivity index (χ3v) is 4.70. The van der Waals surface area contributed by atoms with E-state index in [9.17, 15) is 4.39 Å². The lowest BCUT2D eigenvalue weighted by molar-refractivity contribution is -0.900. The maximum Gasteiger partial charge on any atom is 0.146 e. The average molecular weight is 319 g/mol. The van der Waals surface area contributed by atoms with Crippen molar-refractivity contribution in [3.8, 4) is 0 Å². The lowest BCUT2D eigenvalue weighted by atomic mass is 10.1. The molecule has 3 heteroatoms. The number of benzene rings is 1. The zero-order chi connectivity index (χ0) is 16.5. The molecule has 128 valence electrons. The summed E-state index contributed by atoms with van der Waals surface area (Å²) in [5.74, 6) is -0.0904. The Balaban J connectivity index is 1.58. The van der Waals surface area contributed by atoms with E-state index in [1.165, 1.54) is 44.2 Å². The molecule has 1 heterocycles. The molecular weight excluding hydrogens is 287 g/mol. The van der Waals surface area contributed by atoms with E-state index in [2.05, 4.69) is 24.8 Å². The molecule has 0 amide bonds. The molecule has 0 aromatic heterocycles. The van der Waals surface area contributed by atoms with Crippen LogP contribution in [0.1, 0.15) is 46.0 Å². The molecule has 1 saturated heterocycles. The van der Waals surface area contributed by atoms with Crippen LogP contribution in [0.2, 0.25) is 0 Å². The molecule has 1 N–H and O–H groups in total. The summed E-state index contributed by atoms with van der Waals surface area (Å²) in [6, 6.07) is 7.14. The van der Waals surface area contributed by atoms with Gasteiger partial charge >= 0.3 is 0 Å². The van der Waals surface area contributed by atoms with Crippen molar-refractivity contribution in [2.75, 3.05) is 37.6 Å². The van der Waals surface area contributed by atoms with Crippen molar-refractivity contribution in [2.45, 2.75) is 46.0 Å². The molecule has 0 atom stereocenters. The zero-order valence-electron chi connectivity index (χ0n) is 14.8. The van der Waals surface area contributed by atoms with Crippen molar-refractivity contribution in [1.82, 2.24) is 0 Å². The van der Waals surface area contributed by atoms with Crippen LogP contribution in [-0.2, 0) is 0 Å². The molecule has 0 unspecified atom stereocenters. The van der Waals surface area contributed by atoms with Crippen molar-refractivity contribution in [3.63, 3.8) is 0 Å². The van der Waals surface area contributed by atoms with Crippen LogP contribution in [0, 0.1) is 5.82 Å². The fourth-order valence-electron chi connectivity index (χ4n) is 3.29. The molecule has 0 spiro atoms. The molecule has 1 aliphatic heterocycles. The topological polar surface area (TPSA) is 7.68 Å². The Morgan fingerprint density at radius 2 is 1.78 bits per heavy atom. The first-order chi connectivity index (χ1) is 11.2. The smallest absolute Gasteiger partial charge is 0.146 e. The van der Waals surface area contributed by atoms with E-state index >= 15 is 0 Å². The summed E-state index contributed by atoms with van der Waals surface area (Å²) in [7, 11) is 0. The Hall–Kier alpha value is -1.35. The van der Waals surface area contributed by atoms with E-state index in [0.29, 0.717) is 0 Å². The lowest BCUT2D eigenvalue weighted by Crippen LogP contribution is -3.14. The number of unbranched alkanes of at least 4 members (excludes halogenated alkanes) is 4. The minimum atomic E-state index is -0.0904. The average Bonchev–Trinajstić information content (AvgIpc) is 2.55. The van der Waals surface area contributed by atoms with E-state index in [-0.39, 0.29) is 5.82 Å². The van der Waals surface area contributed by atoms with E-state index < -0.39 is 0 Å². The highest BCUT2D eigenvalue weighted by Gasteiger charge is 2.21. The first-order valence-electron chi connectivity index (χ1n) is 9.13. The number of halogens is 1. The molecule has 0 saturated carbocycles. The second-order valence-corrected chi connectivity index (χ2v) is 6.92. The molecule has 1 aromatic carbocycles. The van der Waals surface area contributed by atoms with E-state index in [4.69, 9.17) is 0 Å². The summed E-state index contributed by atoms with van der Waals surface area (Å²) in [4.78, 5) is 3.88. The van der Waals surface area contributed by atoms with Crippen LogP contribution < -0.4 is 9.80 Å². The van der Waals surface area contributed by atoms with Gasteiger partial charge in [-0.3, -0.25) is 0 Å². The Bertz CT molecular complexity index is 486. The monoisotopic (exact) mass is 319 g/mol. The molecule has 1 fully saturated rings. The molecule has 0 aliphatic carbocycles. The van der Waals surface area contributed by atoms with E-state index in [1.807, 2.05) is 12.1 Å². The SMILES string of the molecule is CC(C)=CCCCCCC[NH+]1CCN(c2ccccc2F)CC1. The Morgan fingerprint density at radius 1 is 1.09 bits per heavy atom. The number of nitrogens with zero attached hydrogens (tertiary/aromatic N) is 1. The number of hydrogen-bond acceptors (Lipinski definition) is 1. The number of rotatable bonds is 8.